The van der Waals surface area contributed by atoms with Crippen LogP contribution in [0.25, 0.3) is 0 Å². The summed E-state index contributed by atoms with van der Waals surface area (Å²) < 4.78 is 0. The summed E-state index contributed by atoms with van der Waals surface area (Å²) in [5.41, 5.74) is 2.64. The maximum atomic E-state index is 11.7. The van der Waals surface area contributed by atoms with Gasteiger partial charge < -0.3 is 10.6 Å². The van der Waals surface area contributed by atoms with E-state index in [4.69, 9.17) is 0 Å². The molecule has 4 heteroatoms. The number of nitrogens with one attached hydrogen (secondary N) is 2. The molecule has 1 aromatic rings. The molecule has 2 rings (SSSR count). The summed E-state index contributed by atoms with van der Waals surface area (Å²) >= 11 is 0. The normalized spacial score (nSPS) is 14.2. The summed E-state index contributed by atoms with van der Waals surface area (Å²) in [5.74, 6) is -1.13. The zero-order chi connectivity index (χ0) is 12.4. The third-order valence-electron chi connectivity index (χ3n) is 2.84. The topological polar surface area (TPSA) is 58.2 Å². The van der Waals surface area contributed by atoms with E-state index in [0.29, 0.717) is 0 Å². The third-order valence-corrected chi connectivity index (χ3v) is 2.84. The second-order valence-electron chi connectivity index (χ2n) is 4.47. The van der Waals surface area contributed by atoms with Crippen LogP contribution in [0.4, 0.5) is 5.69 Å². The number of amides is 2. The first-order valence-corrected chi connectivity index (χ1v) is 5.76. The van der Waals surface area contributed by atoms with Crippen LogP contribution in [0.1, 0.15) is 24.0 Å². The number of hydrogen-bond donors (Lipinski definition) is 2. The van der Waals surface area contributed by atoms with Crippen molar-refractivity contribution in [2.45, 2.75) is 32.7 Å². The fourth-order valence-electron chi connectivity index (χ4n) is 1.66. The Morgan fingerprint density at radius 3 is 2.24 bits per heavy atom. The van der Waals surface area contributed by atoms with Crippen molar-refractivity contribution in [2.75, 3.05) is 5.32 Å². The highest BCUT2D eigenvalue weighted by molar-refractivity contribution is 6.39. The van der Waals surface area contributed by atoms with Crippen molar-refractivity contribution in [1.29, 1.82) is 0 Å². The lowest BCUT2D eigenvalue weighted by molar-refractivity contribution is -0.136. The van der Waals surface area contributed by atoms with E-state index in [2.05, 4.69) is 10.6 Å². The van der Waals surface area contributed by atoms with Crippen molar-refractivity contribution in [1.82, 2.24) is 5.32 Å². The molecule has 1 fully saturated rings. The number of benzene rings is 1. The van der Waals surface area contributed by atoms with E-state index in [9.17, 15) is 9.59 Å². The molecule has 17 heavy (non-hydrogen) atoms. The molecule has 0 aromatic heterocycles. The minimum atomic E-state index is -0.589. The molecule has 0 aliphatic heterocycles. The third kappa shape index (κ3) is 2.84. The van der Waals surface area contributed by atoms with Gasteiger partial charge in [0, 0.05) is 11.7 Å². The number of hydrogen-bond acceptors (Lipinski definition) is 2. The summed E-state index contributed by atoms with van der Waals surface area (Å²) in [7, 11) is 0. The molecular formula is C13H16N2O2. The van der Waals surface area contributed by atoms with Gasteiger partial charge in [0.2, 0.25) is 0 Å². The van der Waals surface area contributed by atoms with Crippen molar-refractivity contribution in [3.8, 4) is 0 Å². The van der Waals surface area contributed by atoms with Gasteiger partial charge >= 0.3 is 11.8 Å². The standard InChI is InChI=1S/C13H16N2O2/c1-8-4-3-5-9(2)11(8)15-13(17)12(16)14-10-6-7-10/h3-5,10H,6-7H2,1-2H3,(H,14,16)(H,15,17). The highest BCUT2D eigenvalue weighted by Crippen LogP contribution is 2.20. The van der Waals surface area contributed by atoms with Crippen molar-refractivity contribution >= 4 is 17.5 Å². The number of anilines is 1. The van der Waals surface area contributed by atoms with Crippen LogP contribution in [0.2, 0.25) is 0 Å². The molecule has 0 radical (unpaired) electrons. The zero-order valence-electron chi connectivity index (χ0n) is 10.0. The highest BCUT2D eigenvalue weighted by atomic mass is 16.2. The van der Waals surface area contributed by atoms with Gasteiger partial charge in [-0.05, 0) is 37.8 Å². The summed E-state index contributed by atoms with van der Waals surface area (Å²) in [4.78, 5) is 23.2. The van der Waals surface area contributed by atoms with Gasteiger partial charge in [0.1, 0.15) is 0 Å². The average molecular weight is 232 g/mol. The molecular weight excluding hydrogens is 216 g/mol. The Bertz CT molecular complexity index is 444. The van der Waals surface area contributed by atoms with Gasteiger partial charge in [-0.2, -0.15) is 0 Å². The maximum absolute atomic E-state index is 11.7. The van der Waals surface area contributed by atoms with E-state index in [-0.39, 0.29) is 6.04 Å². The first-order valence-electron chi connectivity index (χ1n) is 5.76. The van der Waals surface area contributed by atoms with Crippen LogP contribution in [0, 0.1) is 13.8 Å². The second-order valence-corrected chi connectivity index (χ2v) is 4.47. The Labute approximate surface area is 100 Å². The molecule has 0 heterocycles. The van der Waals surface area contributed by atoms with E-state index >= 15 is 0 Å². The van der Waals surface area contributed by atoms with Gasteiger partial charge in [-0.1, -0.05) is 18.2 Å². The van der Waals surface area contributed by atoms with Crippen LogP contribution in [0.5, 0.6) is 0 Å². The molecule has 0 saturated heterocycles. The van der Waals surface area contributed by atoms with E-state index in [0.717, 1.165) is 29.7 Å². The van der Waals surface area contributed by atoms with Crippen LogP contribution >= 0.6 is 0 Å². The minimum Gasteiger partial charge on any atom is -0.345 e. The Morgan fingerprint density at radius 2 is 1.71 bits per heavy atom. The monoisotopic (exact) mass is 232 g/mol. The molecule has 1 aromatic carbocycles. The SMILES string of the molecule is Cc1cccc(C)c1NC(=O)C(=O)NC1CC1. The van der Waals surface area contributed by atoms with Gasteiger partial charge in [-0.25, -0.2) is 0 Å². The first kappa shape index (κ1) is 11.6. The maximum Gasteiger partial charge on any atom is 0.313 e. The fourth-order valence-corrected chi connectivity index (χ4v) is 1.66. The molecule has 2 amide bonds. The molecule has 1 aliphatic carbocycles. The number of carbonyl (C=O) groups is 2. The Hall–Kier alpha value is -1.84. The summed E-state index contributed by atoms with van der Waals surface area (Å²) in [5, 5.41) is 5.32. The van der Waals surface area contributed by atoms with Crippen molar-refractivity contribution < 1.29 is 9.59 Å². The highest BCUT2D eigenvalue weighted by Gasteiger charge is 2.26. The molecule has 0 atom stereocenters. The van der Waals surface area contributed by atoms with Crippen LogP contribution in [0.15, 0.2) is 18.2 Å². The smallest absolute Gasteiger partial charge is 0.313 e. The van der Waals surface area contributed by atoms with Crippen LogP contribution in [0.3, 0.4) is 0 Å². The van der Waals surface area contributed by atoms with E-state index in [1.807, 2.05) is 32.0 Å². The predicted molar refractivity (Wildman–Crippen MR) is 65.7 cm³/mol. The number of carbonyl (C=O) groups excluding carboxylic acids is 2. The molecule has 1 saturated carbocycles. The van der Waals surface area contributed by atoms with Crippen LogP contribution in [-0.2, 0) is 9.59 Å². The molecule has 90 valence electrons. The van der Waals surface area contributed by atoms with Crippen molar-refractivity contribution in [3.05, 3.63) is 29.3 Å². The van der Waals surface area contributed by atoms with Crippen molar-refractivity contribution in [2.24, 2.45) is 0 Å². The van der Waals surface area contributed by atoms with Gasteiger partial charge in [-0.3, -0.25) is 9.59 Å². The molecule has 0 unspecified atom stereocenters. The molecule has 4 nitrogen and oxygen atoms in total. The van der Waals surface area contributed by atoms with Gasteiger partial charge in [0.25, 0.3) is 0 Å². The zero-order valence-corrected chi connectivity index (χ0v) is 10.0. The quantitative estimate of drug-likeness (QED) is 0.759. The number of rotatable bonds is 2. The lowest BCUT2D eigenvalue weighted by Crippen LogP contribution is -2.36. The summed E-state index contributed by atoms with van der Waals surface area (Å²) in [6, 6.07) is 5.93. The average Bonchev–Trinajstić information content (AvgIpc) is 3.07. The molecule has 2 N–H and O–H groups in total. The van der Waals surface area contributed by atoms with Gasteiger partial charge in [0.05, 0.1) is 0 Å². The predicted octanol–water partition coefficient (Wildman–Crippen LogP) is 1.52. The lowest BCUT2D eigenvalue weighted by atomic mass is 10.1. The van der Waals surface area contributed by atoms with Crippen molar-refractivity contribution in [3.63, 3.8) is 0 Å². The van der Waals surface area contributed by atoms with E-state index in [1.165, 1.54) is 0 Å². The second kappa shape index (κ2) is 4.57. The lowest BCUT2D eigenvalue weighted by Gasteiger charge is -2.11. The first-order chi connectivity index (χ1) is 8.08. The minimum absolute atomic E-state index is 0.200. The molecule has 0 bridgehead atoms. The molecule has 1 aliphatic rings. The Kier molecular flexibility index (Phi) is 3.13. The molecule has 0 spiro atoms. The largest absolute Gasteiger partial charge is 0.345 e. The summed E-state index contributed by atoms with van der Waals surface area (Å²) in [6.45, 7) is 3.81. The van der Waals surface area contributed by atoms with E-state index in [1.54, 1.807) is 0 Å². The van der Waals surface area contributed by atoms with Gasteiger partial charge in [-0.15, -0.1) is 0 Å². The summed E-state index contributed by atoms with van der Waals surface area (Å²) in [6.07, 6.45) is 1.95. The fraction of sp³-hybridized carbons (Fsp3) is 0.385. The van der Waals surface area contributed by atoms with E-state index < -0.39 is 11.8 Å². The van der Waals surface area contributed by atoms with Crippen LogP contribution in [-0.4, -0.2) is 17.9 Å². The van der Waals surface area contributed by atoms with Crippen LogP contribution < -0.4 is 10.6 Å². The number of aryl methyl sites for hydroxylation is 2. The van der Waals surface area contributed by atoms with Gasteiger partial charge in [0.15, 0.2) is 0 Å². The number of para-hydroxylation sites is 1. The Balaban J connectivity index is 2.04. The Morgan fingerprint density at radius 1 is 1.12 bits per heavy atom.